The average molecular weight is 262 g/mol. The van der Waals surface area contributed by atoms with E-state index in [4.69, 9.17) is 4.74 Å². The highest BCUT2D eigenvalue weighted by atomic mass is 16.6. The number of carbonyl (C=O) groups excluding carboxylic acids is 1. The van der Waals surface area contributed by atoms with Crippen molar-refractivity contribution in [2.45, 2.75) is 40.2 Å². The van der Waals surface area contributed by atoms with Gasteiger partial charge in [-0.3, -0.25) is 5.01 Å². The highest BCUT2D eigenvalue weighted by Crippen LogP contribution is 2.14. The number of ether oxygens (including phenoxy) is 1. The Labute approximate surface area is 115 Å². The normalized spacial score (nSPS) is 12.2. The van der Waals surface area contributed by atoms with Crippen molar-refractivity contribution in [3.8, 4) is 0 Å². The van der Waals surface area contributed by atoms with E-state index in [1.54, 1.807) is 19.0 Å². The first kappa shape index (κ1) is 15.2. The van der Waals surface area contributed by atoms with E-state index < -0.39 is 11.6 Å². The number of aryl methyl sites for hydroxylation is 1. The summed E-state index contributed by atoms with van der Waals surface area (Å²) >= 11 is 0. The van der Waals surface area contributed by atoms with Gasteiger partial charge in [0.2, 0.25) is 0 Å². The molecule has 19 heavy (non-hydrogen) atoms. The molecule has 0 saturated heterocycles. The molecule has 4 heteroatoms. The molecule has 104 valence electrons. The molecule has 0 unspecified atom stereocenters. The molecule has 0 N–H and O–H groups in total. The van der Waals surface area contributed by atoms with Crippen molar-refractivity contribution < 1.29 is 9.53 Å². The minimum Gasteiger partial charge on any atom is -0.455 e. The van der Waals surface area contributed by atoms with E-state index in [2.05, 4.69) is 5.10 Å². The molecule has 0 amide bonds. The zero-order valence-corrected chi connectivity index (χ0v) is 12.5. The predicted molar refractivity (Wildman–Crippen MR) is 78.5 cm³/mol. The van der Waals surface area contributed by atoms with Crippen molar-refractivity contribution in [3.05, 3.63) is 29.8 Å². The highest BCUT2D eigenvalue weighted by molar-refractivity contribution is 6.35. The lowest BCUT2D eigenvalue weighted by atomic mass is 10.2. The molecule has 0 aromatic heterocycles. The van der Waals surface area contributed by atoms with Crippen LogP contribution in [0.15, 0.2) is 29.4 Å². The van der Waals surface area contributed by atoms with Crippen LogP contribution in [0.2, 0.25) is 0 Å². The van der Waals surface area contributed by atoms with Gasteiger partial charge < -0.3 is 4.74 Å². The molecule has 0 spiro atoms. The van der Waals surface area contributed by atoms with Gasteiger partial charge >= 0.3 is 5.97 Å². The van der Waals surface area contributed by atoms with E-state index in [1.807, 2.05) is 52.0 Å². The first-order valence-corrected chi connectivity index (χ1v) is 6.28. The van der Waals surface area contributed by atoms with Crippen LogP contribution in [0.1, 0.15) is 33.3 Å². The largest absolute Gasteiger partial charge is 0.455 e. The monoisotopic (exact) mass is 262 g/mol. The van der Waals surface area contributed by atoms with E-state index in [0.29, 0.717) is 5.71 Å². The number of hydrogen-bond acceptors (Lipinski definition) is 4. The number of esters is 1. The summed E-state index contributed by atoms with van der Waals surface area (Å²) in [6.07, 6.45) is 0. The zero-order chi connectivity index (χ0) is 14.6. The fourth-order valence-corrected chi connectivity index (χ4v) is 1.44. The van der Waals surface area contributed by atoms with Crippen LogP contribution in [-0.4, -0.2) is 24.3 Å². The van der Waals surface area contributed by atoms with Crippen molar-refractivity contribution >= 4 is 17.4 Å². The summed E-state index contributed by atoms with van der Waals surface area (Å²) in [6, 6.07) is 7.93. The Hall–Kier alpha value is -1.84. The molecule has 0 radical (unpaired) electrons. The van der Waals surface area contributed by atoms with Crippen molar-refractivity contribution in [1.29, 1.82) is 0 Å². The maximum Gasteiger partial charge on any atom is 0.354 e. The van der Waals surface area contributed by atoms with Crippen LogP contribution in [0.5, 0.6) is 0 Å². The molecule has 0 fully saturated rings. The van der Waals surface area contributed by atoms with Crippen LogP contribution in [-0.2, 0) is 9.53 Å². The van der Waals surface area contributed by atoms with Crippen LogP contribution in [0.25, 0.3) is 0 Å². The lowest BCUT2D eigenvalue weighted by Crippen LogP contribution is -2.29. The fraction of sp³-hybridized carbons (Fsp3) is 0.467. The van der Waals surface area contributed by atoms with Crippen molar-refractivity contribution in [2.24, 2.45) is 5.10 Å². The minimum absolute atomic E-state index is 0.331. The quantitative estimate of drug-likeness (QED) is 0.477. The summed E-state index contributed by atoms with van der Waals surface area (Å²) in [5, 5.41) is 5.90. The molecule has 0 aliphatic rings. The second-order valence-corrected chi connectivity index (χ2v) is 5.55. The molecule has 0 heterocycles. The molecular formula is C15H22N2O2. The van der Waals surface area contributed by atoms with Crippen molar-refractivity contribution in [1.82, 2.24) is 0 Å². The Morgan fingerprint density at radius 3 is 2.21 bits per heavy atom. The molecule has 1 aromatic rings. The van der Waals surface area contributed by atoms with E-state index in [1.165, 1.54) is 5.56 Å². The van der Waals surface area contributed by atoms with Crippen molar-refractivity contribution in [2.75, 3.05) is 12.1 Å². The van der Waals surface area contributed by atoms with E-state index in [0.717, 1.165) is 5.69 Å². The summed E-state index contributed by atoms with van der Waals surface area (Å²) in [5.74, 6) is -0.397. The number of nitrogens with zero attached hydrogens (tertiary/aromatic N) is 2. The third kappa shape index (κ3) is 5.12. The lowest BCUT2D eigenvalue weighted by Gasteiger charge is -2.20. The van der Waals surface area contributed by atoms with Crippen LogP contribution in [0, 0.1) is 6.92 Å². The number of anilines is 1. The summed E-state index contributed by atoms with van der Waals surface area (Å²) < 4.78 is 5.26. The molecule has 0 aliphatic heterocycles. The number of rotatable bonds is 3. The Balaban J connectivity index is 2.78. The first-order valence-electron chi connectivity index (χ1n) is 6.28. The van der Waals surface area contributed by atoms with Gasteiger partial charge in [0.1, 0.15) is 11.3 Å². The van der Waals surface area contributed by atoms with Gasteiger partial charge in [0, 0.05) is 7.05 Å². The number of hydrogen-bond donors (Lipinski definition) is 0. The molecular weight excluding hydrogens is 240 g/mol. The molecule has 4 nitrogen and oxygen atoms in total. The Morgan fingerprint density at radius 1 is 1.21 bits per heavy atom. The van der Waals surface area contributed by atoms with Gasteiger partial charge in [-0.05, 0) is 46.8 Å². The maximum atomic E-state index is 11.8. The van der Waals surface area contributed by atoms with Gasteiger partial charge in [0.15, 0.2) is 0 Å². The second kappa shape index (κ2) is 5.87. The molecule has 0 bridgehead atoms. The van der Waals surface area contributed by atoms with E-state index >= 15 is 0 Å². The smallest absolute Gasteiger partial charge is 0.354 e. The second-order valence-electron chi connectivity index (χ2n) is 5.55. The van der Waals surface area contributed by atoms with Crippen LogP contribution in [0.4, 0.5) is 5.69 Å². The lowest BCUT2D eigenvalue weighted by molar-refractivity contribution is -0.146. The third-order valence-corrected chi connectivity index (χ3v) is 2.40. The summed E-state index contributed by atoms with van der Waals surface area (Å²) in [5.41, 5.74) is 1.94. The topological polar surface area (TPSA) is 41.9 Å². The molecule has 1 aromatic carbocycles. The fourth-order valence-electron chi connectivity index (χ4n) is 1.44. The van der Waals surface area contributed by atoms with Gasteiger partial charge in [-0.2, -0.15) is 5.10 Å². The summed E-state index contributed by atoms with van der Waals surface area (Å²) in [7, 11) is 1.80. The Bertz CT molecular complexity index is 470. The predicted octanol–water partition coefficient (Wildman–Crippen LogP) is 3.15. The Kier molecular flexibility index (Phi) is 4.70. The highest BCUT2D eigenvalue weighted by Gasteiger charge is 2.18. The summed E-state index contributed by atoms with van der Waals surface area (Å²) in [4.78, 5) is 11.8. The summed E-state index contributed by atoms with van der Waals surface area (Å²) in [6.45, 7) is 9.18. The standard InChI is InChI=1S/C15H22N2O2/c1-11-7-9-13(10-8-11)17(6)16-12(2)14(18)19-15(3,4)5/h7-10H,1-6H3/b16-12+. The number of hydrazone groups is 1. The molecule has 0 saturated carbocycles. The van der Waals surface area contributed by atoms with Gasteiger partial charge in [0.05, 0.1) is 5.69 Å². The van der Waals surface area contributed by atoms with E-state index in [-0.39, 0.29) is 0 Å². The van der Waals surface area contributed by atoms with Crippen LogP contribution < -0.4 is 5.01 Å². The van der Waals surface area contributed by atoms with Gasteiger partial charge in [0.25, 0.3) is 0 Å². The van der Waals surface area contributed by atoms with Gasteiger partial charge in [-0.1, -0.05) is 17.7 Å². The number of carbonyl (C=O) groups is 1. The SMILES string of the molecule is C/C(=N\N(C)c1ccc(C)cc1)C(=O)OC(C)(C)C. The molecule has 0 aliphatic carbocycles. The average Bonchev–Trinajstić information content (AvgIpc) is 2.27. The Morgan fingerprint density at radius 2 is 1.74 bits per heavy atom. The first-order chi connectivity index (χ1) is 8.69. The van der Waals surface area contributed by atoms with Crippen molar-refractivity contribution in [3.63, 3.8) is 0 Å². The van der Waals surface area contributed by atoms with Crippen LogP contribution in [0.3, 0.4) is 0 Å². The van der Waals surface area contributed by atoms with E-state index in [9.17, 15) is 4.79 Å². The number of benzene rings is 1. The maximum absolute atomic E-state index is 11.8. The molecule has 1 rings (SSSR count). The van der Waals surface area contributed by atoms with Crippen LogP contribution >= 0.6 is 0 Å². The van der Waals surface area contributed by atoms with Gasteiger partial charge in [-0.15, -0.1) is 0 Å². The van der Waals surface area contributed by atoms with Gasteiger partial charge in [-0.25, -0.2) is 4.79 Å². The third-order valence-electron chi connectivity index (χ3n) is 2.40. The zero-order valence-electron chi connectivity index (χ0n) is 12.5. The molecule has 0 atom stereocenters. The minimum atomic E-state index is -0.504.